The monoisotopic (exact) mass is 404 g/mol. The van der Waals surface area contributed by atoms with Crippen molar-refractivity contribution in [3.05, 3.63) is 30.2 Å². The van der Waals surface area contributed by atoms with Crippen LogP contribution in [0.2, 0.25) is 0 Å². The summed E-state index contributed by atoms with van der Waals surface area (Å²) in [5.41, 5.74) is 0. The average Bonchev–Trinajstić information content (AvgIpc) is 3.38. The van der Waals surface area contributed by atoms with E-state index in [1.807, 2.05) is 18.2 Å². The molecular weight excluding hydrogens is 384 g/mol. The summed E-state index contributed by atoms with van der Waals surface area (Å²) in [6.07, 6.45) is 1.53. The molecule has 1 aliphatic carbocycles. The van der Waals surface area contributed by atoms with Gasteiger partial charge in [0.15, 0.2) is 11.5 Å². The van der Waals surface area contributed by atoms with Gasteiger partial charge in [0.1, 0.15) is 6.61 Å². The number of carbonyl (C=O) groups excluding carboxylic acids is 2. The van der Waals surface area contributed by atoms with Crippen molar-refractivity contribution in [2.45, 2.75) is 30.2 Å². The van der Waals surface area contributed by atoms with Crippen molar-refractivity contribution in [1.82, 2.24) is 20.4 Å². The Morgan fingerprint density at radius 1 is 1.25 bits per heavy atom. The lowest BCUT2D eigenvalue weighted by Crippen LogP contribution is -2.39. The molecule has 28 heavy (non-hydrogen) atoms. The number of nitrogens with zero attached hydrogens (tertiary/aromatic N) is 3. The van der Waals surface area contributed by atoms with Gasteiger partial charge in [0.25, 0.3) is 11.1 Å². The van der Waals surface area contributed by atoms with E-state index in [2.05, 4.69) is 15.5 Å². The Hall–Kier alpha value is -2.75. The van der Waals surface area contributed by atoms with Gasteiger partial charge in [0, 0.05) is 13.1 Å². The fourth-order valence-electron chi connectivity index (χ4n) is 2.59. The number of para-hydroxylation sites is 2. The number of rotatable bonds is 7. The van der Waals surface area contributed by atoms with Gasteiger partial charge in [0.2, 0.25) is 17.9 Å². The topological polar surface area (TPSA) is 107 Å². The Kier molecular flexibility index (Phi) is 5.38. The maximum absolute atomic E-state index is 12.2. The highest BCUT2D eigenvalue weighted by molar-refractivity contribution is 7.99. The smallest absolute Gasteiger partial charge is 0.277 e. The van der Waals surface area contributed by atoms with E-state index >= 15 is 0 Å². The van der Waals surface area contributed by atoms with E-state index in [1.54, 1.807) is 13.1 Å². The maximum atomic E-state index is 12.2. The molecule has 9 nitrogen and oxygen atoms in total. The zero-order valence-electron chi connectivity index (χ0n) is 15.3. The van der Waals surface area contributed by atoms with E-state index in [4.69, 9.17) is 13.9 Å². The van der Waals surface area contributed by atoms with Gasteiger partial charge in [-0.2, -0.15) is 0 Å². The molecule has 2 heterocycles. The first-order valence-corrected chi connectivity index (χ1v) is 9.95. The van der Waals surface area contributed by atoms with Crippen LogP contribution in [0.15, 0.2) is 33.9 Å². The van der Waals surface area contributed by atoms with Gasteiger partial charge < -0.3 is 24.1 Å². The van der Waals surface area contributed by atoms with Gasteiger partial charge in [-0.1, -0.05) is 23.9 Å². The summed E-state index contributed by atoms with van der Waals surface area (Å²) < 4.78 is 17.1. The number of ether oxygens (including phenoxy) is 2. The van der Waals surface area contributed by atoms with Gasteiger partial charge in [-0.25, -0.2) is 0 Å². The zero-order chi connectivity index (χ0) is 19.5. The van der Waals surface area contributed by atoms with E-state index in [9.17, 15) is 9.59 Å². The third-order valence-corrected chi connectivity index (χ3v) is 5.08. The molecule has 1 fully saturated rings. The molecule has 10 heteroatoms. The van der Waals surface area contributed by atoms with E-state index in [0.29, 0.717) is 17.4 Å². The van der Waals surface area contributed by atoms with Crippen LogP contribution < -0.4 is 14.8 Å². The number of carbonyl (C=O) groups is 2. The van der Waals surface area contributed by atoms with Gasteiger partial charge in [-0.05, 0) is 25.0 Å². The average molecular weight is 404 g/mol. The first-order chi connectivity index (χ1) is 13.6. The molecule has 0 unspecified atom stereocenters. The number of nitrogens with one attached hydrogen (secondary N) is 1. The van der Waals surface area contributed by atoms with Crippen molar-refractivity contribution in [2.75, 3.05) is 26.0 Å². The summed E-state index contributed by atoms with van der Waals surface area (Å²) >= 11 is 1.12. The molecule has 0 bridgehead atoms. The zero-order valence-corrected chi connectivity index (χ0v) is 16.1. The molecule has 1 aliphatic heterocycles. The lowest BCUT2D eigenvalue weighted by Gasteiger charge is -2.23. The lowest BCUT2D eigenvalue weighted by molar-refractivity contribution is -0.132. The molecule has 1 saturated carbocycles. The lowest BCUT2D eigenvalue weighted by atomic mass is 10.2. The van der Waals surface area contributed by atoms with Gasteiger partial charge >= 0.3 is 0 Å². The standard InChI is InChI=1S/C18H20N4O5S/c1-22(8-15(23)19-11-6-7-11)16(24)10-28-18-21-20-17(27-18)14-9-25-12-4-2-3-5-13(12)26-14/h2-5,11,14H,6-10H2,1H3,(H,19,23)/t14-/m1/s1. The Balaban J connectivity index is 1.26. The number of thioether (sulfide) groups is 1. The number of amides is 2. The van der Waals surface area contributed by atoms with Crippen molar-refractivity contribution < 1.29 is 23.5 Å². The predicted molar refractivity (Wildman–Crippen MR) is 99.1 cm³/mol. The van der Waals surface area contributed by atoms with Crippen LogP contribution in [0.3, 0.4) is 0 Å². The van der Waals surface area contributed by atoms with Crippen molar-refractivity contribution >= 4 is 23.6 Å². The molecule has 1 atom stereocenters. The molecule has 148 valence electrons. The molecule has 1 aromatic heterocycles. The normalized spacial score (nSPS) is 17.8. The van der Waals surface area contributed by atoms with Crippen LogP contribution in [0.4, 0.5) is 0 Å². The molecule has 2 aromatic rings. The molecule has 1 N–H and O–H groups in total. The summed E-state index contributed by atoms with van der Waals surface area (Å²) in [7, 11) is 1.60. The minimum Gasteiger partial charge on any atom is -0.485 e. The molecule has 2 aliphatic rings. The largest absolute Gasteiger partial charge is 0.485 e. The molecule has 0 spiro atoms. The molecular formula is C18H20N4O5S. The predicted octanol–water partition coefficient (Wildman–Crippen LogP) is 1.41. The second-order valence-electron chi connectivity index (χ2n) is 6.65. The second-order valence-corrected chi connectivity index (χ2v) is 7.58. The van der Waals surface area contributed by atoms with Crippen molar-refractivity contribution in [3.63, 3.8) is 0 Å². The Labute approximate surface area is 165 Å². The number of benzene rings is 1. The van der Waals surface area contributed by atoms with E-state index in [-0.39, 0.29) is 42.0 Å². The SMILES string of the molecule is CN(CC(=O)NC1CC1)C(=O)CSc1nnc([C@H]2COc3ccccc3O2)o1. The number of hydrogen-bond donors (Lipinski definition) is 1. The highest BCUT2D eigenvalue weighted by Crippen LogP contribution is 2.35. The molecule has 0 radical (unpaired) electrons. The summed E-state index contributed by atoms with van der Waals surface area (Å²) in [6, 6.07) is 7.63. The number of likely N-dealkylation sites (N-methyl/N-ethyl adjacent to an activating group) is 1. The van der Waals surface area contributed by atoms with E-state index < -0.39 is 6.10 Å². The maximum Gasteiger partial charge on any atom is 0.277 e. The minimum atomic E-state index is -0.499. The summed E-state index contributed by atoms with van der Waals surface area (Å²) in [5.74, 6) is 1.35. The minimum absolute atomic E-state index is 0.0393. The third-order valence-electron chi connectivity index (χ3n) is 4.27. The van der Waals surface area contributed by atoms with Crippen molar-refractivity contribution in [3.8, 4) is 11.5 Å². The van der Waals surface area contributed by atoms with Crippen LogP contribution in [0.25, 0.3) is 0 Å². The quantitative estimate of drug-likeness (QED) is 0.691. The van der Waals surface area contributed by atoms with Crippen LogP contribution in [0.5, 0.6) is 11.5 Å². The van der Waals surface area contributed by atoms with Crippen molar-refractivity contribution in [2.24, 2.45) is 0 Å². The Morgan fingerprint density at radius 2 is 2.04 bits per heavy atom. The summed E-state index contributed by atoms with van der Waals surface area (Å²) in [4.78, 5) is 25.3. The second kappa shape index (κ2) is 8.09. The Bertz CT molecular complexity index is 869. The van der Waals surface area contributed by atoms with Crippen molar-refractivity contribution in [1.29, 1.82) is 0 Å². The van der Waals surface area contributed by atoms with Gasteiger partial charge in [-0.15, -0.1) is 10.2 Å². The van der Waals surface area contributed by atoms with Crippen LogP contribution in [-0.2, 0) is 9.59 Å². The molecule has 4 rings (SSSR count). The molecule has 1 aromatic carbocycles. The van der Waals surface area contributed by atoms with Gasteiger partial charge in [-0.3, -0.25) is 9.59 Å². The fraction of sp³-hybridized carbons (Fsp3) is 0.444. The highest BCUT2D eigenvalue weighted by Gasteiger charge is 2.28. The fourth-order valence-corrected chi connectivity index (χ4v) is 3.30. The molecule has 0 saturated heterocycles. The van der Waals surface area contributed by atoms with Crippen LogP contribution >= 0.6 is 11.8 Å². The van der Waals surface area contributed by atoms with Crippen LogP contribution in [-0.4, -0.2) is 58.9 Å². The third kappa shape index (κ3) is 4.56. The first kappa shape index (κ1) is 18.6. The number of aromatic nitrogens is 2. The van der Waals surface area contributed by atoms with Crippen LogP contribution in [0.1, 0.15) is 24.8 Å². The van der Waals surface area contributed by atoms with E-state index in [1.165, 1.54) is 4.90 Å². The van der Waals surface area contributed by atoms with E-state index in [0.717, 1.165) is 24.6 Å². The summed E-state index contributed by atoms with van der Waals surface area (Å²) in [5, 5.41) is 11.1. The molecule has 2 amide bonds. The summed E-state index contributed by atoms with van der Waals surface area (Å²) in [6.45, 7) is 0.304. The highest BCUT2D eigenvalue weighted by atomic mass is 32.2. The van der Waals surface area contributed by atoms with Crippen LogP contribution in [0, 0.1) is 0 Å². The number of fused-ring (bicyclic) bond motifs is 1. The first-order valence-electron chi connectivity index (χ1n) is 8.96. The van der Waals surface area contributed by atoms with Gasteiger partial charge in [0.05, 0.1) is 12.3 Å². The number of hydrogen-bond acceptors (Lipinski definition) is 8. The Morgan fingerprint density at radius 3 is 2.82 bits per heavy atom.